The van der Waals surface area contributed by atoms with Gasteiger partial charge in [0.2, 0.25) is 0 Å². The number of aromatic carboxylic acids is 1. The molecule has 2 amide bonds. The third kappa shape index (κ3) is 1.74. The summed E-state index contributed by atoms with van der Waals surface area (Å²) in [6.45, 7) is 1.06. The highest BCUT2D eigenvalue weighted by molar-refractivity contribution is 5.95. The molecule has 2 N–H and O–H groups in total. The third-order valence-corrected chi connectivity index (χ3v) is 2.13. The lowest BCUT2D eigenvalue weighted by atomic mass is 10.2. The van der Waals surface area contributed by atoms with E-state index in [0.29, 0.717) is 18.9 Å². The number of carbonyl (C=O) groups is 2. The predicted octanol–water partition coefficient (Wildman–Crippen LogP) is 0.309. The second-order valence-electron chi connectivity index (χ2n) is 3.09. The lowest BCUT2D eigenvalue weighted by Gasteiger charge is -2.12. The van der Waals surface area contributed by atoms with Crippen molar-refractivity contribution in [3.05, 3.63) is 23.9 Å². The van der Waals surface area contributed by atoms with Gasteiger partial charge in [-0.25, -0.2) is 14.6 Å². The minimum absolute atomic E-state index is 0.125. The minimum Gasteiger partial charge on any atom is -0.478 e. The van der Waals surface area contributed by atoms with E-state index in [2.05, 4.69) is 10.3 Å². The average molecular weight is 207 g/mol. The van der Waals surface area contributed by atoms with Crippen LogP contribution in [0.25, 0.3) is 0 Å². The fourth-order valence-corrected chi connectivity index (χ4v) is 1.39. The van der Waals surface area contributed by atoms with Crippen molar-refractivity contribution >= 4 is 17.8 Å². The molecule has 0 aliphatic carbocycles. The summed E-state index contributed by atoms with van der Waals surface area (Å²) < 4.78 is 0. The van der Waals surface area contributed by atoms with Gasteiger partial charge in [0.1, 0.15) is 5.82 Å². The van der Waals surface area contributed by atoms with Crippen LogP contribution in [0.4, 0.5) is 10.6 Å². The Labute approximate surface area is 85.5 Å². The number of pyridine rings is 1. The Balaban J connectivity index is 2.32. The molecule has 6 heteroatoms. The van der Waals surface area contributed by atoms with Gasteiger partial charge < -0.3 is 10.4 Å². The normalized spacial score (nSPS) is 15.2. The molecule has 1 aromatic rings. The van der Waals surface area contributed by atoms with E-state index in [9.17, 15) is 9.59 Å². The van der Waals surface area contributed by atoms with E-state index < -0.39 is 5.97 Å². The first-order chi connectivity index (χ1) is 7.18. The number of carbonyl (C=O) groups excluding carboxylic acids is 1. The number of carboxylic acid groups (broad SMARTS) is 1. The molecule has 0 radical (unpaired) electrons. The molecule has 1 aliphatic rings. The Bertz CT molecular complexity index is 419. The van der Waals surface area contributed by atoms with E-state index in [1.165, 1.54) is 23.2 Å². The number of urea groups is 1. The monoisotopic (exact) mass is 207 g/mol. The maximum Gasteiger partial charge on any atom is 0.335 e. The van der Waals surface area contributed by atoms with Crippen LogP contribution in [-0.4, -0.2) is 35.2 Å². The summed E-state index contributed by atoms with van der Waals surface area (Å²) in [7, 11) is 0. The molecule has 0 spiro atoms. The van der Waals surface area contributed by atoms with Crippen molar-refractivity contribution in [2.45, 2.75) is 0 Å². The van der Waals surface area contributed by atoms with Crippen LogP contribution >= 0.6 is 0 Å². The quantitative estimate of drug-likeness (QED) is 0.731. The van der Waals surface area contributed by atoms with E-state index in [0.717, 1.165) is 0 Å². The summed E-state index contributed by atoms with van der Waals surface area (Å²) >= 11 is 0. The molecule has 0 bridgehead atoms. The highest BCUT2D eigenvalue weighted by Gasteiger charge is 2.22. The van der Waals surface area contributed by atoms with Gasteiger partial charge >= 0.3 is 12.0 Å². The lowest BCUT2D eigenvalue weighted by molar-refractivity contribution is 0.0696. The van der Waals surface area contributed by atoms with Crippen molar-refractivity contribution in [1.29, 1.82) is 0 Å². The first-order valence-corrected chi connectivity index (χ1v) is 4.43. The maximum absolute atomic E-state index is 11.3. The average Bonchev–Trinajstić information content (AvgIpc) is 2.64. The number of aromatic nitrogens is 1. The molecule has 15 heavy (non-hydrogen) atoms. The first kappa shape index (κ1) is 9.45. The van der Waals surface area contributed by atoms with Gasteiger partial charge in [-0.15, -0.1) is 0 Å². The number of nitrogens with one attached hydrogen (secondary N) is 1. The highest BCUT2D eigenvalue weighted by atomic mass is 16.4. The van der Waals surface area contributed by atoms with Crippen molar-refractivity contribution in [3.63, 3.8) is 0 Å². The largest absolute Gasteiger partial charge is 0.478 e. The Kier molecular flexibility index (Phi) is 2.24. The standard InChI is InChI=1S/C9H9N3O3/c13-8(14)6-1-2-10-7(5-6)12-4-3-11-9(12)15/h1-2,5H,3-4H2,(H,11,15)(H,13,14). The molecular weight excluding hydrogens is 198 g/mol. The van der Waals surface area contributed by atoms with Gasteiger partial charge in [-0.1, -0.05) is 0 Å². The summed E-state index contributed by atoms with van der Waals surface area (Å²) in [6.07, 6.45) is 1.38. The van der Waals surface area contributed by atoms with Crippen LogP contribution in [0, 0.1) is 0 Å². The zero-order chi connectivity index (χ0) is 10.8. The molecular formula is C9H9N3O3. The van der Waals surface area contributed by atoms with Crippen molar-refractivity contribution < 1.29 is 14.7 Å². The number of hydrogen-bond acceptors (Lipinski definition) is 3. The Morgan fingerprint density at radius 1 is 1.60 bits per heavy atom. The van der Waals surface area contributed by atoms with Crippen molar-refractivity contribution in [2.75, 3.05) is 18.0 Å². The Morgan fingerprint density at radius 3 is 3.00 bits per heavy atom. The van der Waals surface area contributed by atoms with Crippen molar-refractivity contribution in [1.82, 2.24) is 10.3 Å². The number of rotatable bonds is 2. The van der Waals surface area contributed by atoms with E-state index in [4.69, 9.17) is 5.11 Å². The van der Waals surface area contributed by atoms with Crippen LogP contribution in [0.3, 0.4) is 0 Å². The number of amides is 2. The van der Waals surface area contributed by atoms with Gasteiger partial charge in [0, 0.05) is 19.3 Å². The molecule has 2 rings (SSSR count). The van der Waals surface area contributed by atoms with E-state index in [1.807, 2.05) is 0 Å². The summed E-state index contributed by atoms with van der Waals surface area (Å²) in [4.78, 5) is 27.4. The van der Waals surface area contributed by atoms with Crippen LogP contribution < -0.4 is 10.2 Å². The molecule has 1 fully saturated rings. The molecule has 0 unspecified atom stereocenters. The summed E-state index contributed by atoms with van der Waals surface area (Å²) in [5.41, 5.74) is 0.125. The molecule has 2 heterocycles. The van der Waals surface area contributed by atoms with Gasteiger partial charge in [-0.05, 0) is 12.1 Å². The summed E-state index contributed by atoms with van der Waals surface area (Å²) in [5, 5.41) is 11.4. The van der Waals surface area contributed by atoms with E-state index in [-0.39, 0.29) is 11.6 Å². The smallest absolute Gasteiger partial charge is 0.335 e. The molecule has 1 aliphatic heterocycles. The molecule has 1 saturated heterocycles. The maximum atomic E-state index is 11.3. The van der Waals surface area contributed by atoms with Crippen molar-refractivity contribution in [2.24, 2.45) is 0 Å². The number of hydrogen-bond donors (Lipinski definition) is 2. The topological polar surface area (TPSA) is 82.5 Å². The van der Waals surface area contributed by atoms with Crippen LogP contribution in [0.15, 0.2) is 18.3 Å². The molecule has 1 aromatic heterocycles. The minimum atomic E-state index is -1.03. The second-order valence-corrected chi connectivity index (χ2v) is 3.09. The molecule has 0 saturated carbocycles. The number of nitrogens with zero attached hydrogens (tertiary/aromatic N) is 2. The van der Waals surface area contributed by atoms with Crippen LogP contribution in [-0.2, 0) is 0 Å². The highest BCUT2D eigenvalue weighted by Crippen LogP contribution is 2.14. The SMILES string of the molecule is O=C(O)c1ccnc(N2CCNC2=O)c1. The van der Waals surface area contributed by atoms with Crippen molar-refractivity contribution in [3.8, 4) is 0 Å². The number of anilines is 1. The summed E-state index contributed by atoms with van der Waals surface area (Å²) in [6, 6.07) is 2.53. The fourth-order valence-electron chi connectivity index (χ4n) is 1.39. The Hall–Kier alpha value is -2.11. The zero-order valence-electron chi connectivity index (χ0n) is 7.80. The van der Waals surface area contributed by atoms with Gasteiger partial charge in [0.15, 0.2) is 0 Å². The fraction of sp³-hybridized carbons (Fsp3) is 0.222. The van der Waals surface area contributed by atoms with Crippen LogP contribution in [0.5, 0.6) is 0 Å². The molecule has 0 atom stereocenters. The molecule has 78 valence electrons. The van der Waals surface area contributed by atoms with Gasteiger partial charge in [0.05, 0.1) is 5.56 Å². The van der Waals surface area contributed by atoms with Gasteiger partial charge in [0.25, 0.3) is 0 Å². The molecule has 6 nitrogen and oxygen atoms in total. The van der Waals surface area contributed by atoms with E-state index >= 15 is 0 Å². The molecule has 0 aromatic carbocycles. The first-order valence-electron chi connectivity index (χ1n) is 4.43. The van der Waals surface area contributed by atoms with Crippen LogP contribution in [0.1, 0.15) is 10.4 Å². The van der Waals surface area contributed by atoms with Gasteiger partial charge in [-0.2, -0.15) is 0 Å². The van der Waals surface area contributed by atoms with Gasteiger partial charge in [-0.3, -0.25) is 4.90 Å². The summed E-state index contributed by atoms with van der Waals surface area (Å²) in [5.74, 6) is -0.664. The van der Waals surface area contributed by atoms with E-state index in [1.54, 1.807) is 0 Å². The second kappa shape index (κ2) is 3.56. The number of carboxylic acids is 1. The third-order valence-electron chi connectivity index (χ3n) is 2.13. The zero-order valence-corrected chi connectivity index (χ0v) is 7.80. The Morgan fingerprint density at radius 2 is 2.40 bits per heavy atom. The van der Waals surface area contributed by atoms with Crippen LogP contribution in [0.2, 0.25) is 0 Å². The predicted molar refractivity (Wildman–Crippen MR) is 51.9 cm³/mol. The lowest BCUT2D eigenvalue weighted by Crippen LogP contribution is -2.28.